The predicted octanol–water partition coefficient (Wildman–Crippen LogP) is 3.43. The van der Waals surface area contributed by atoms with Crippen LogP contribution in [0.4, 0.5) is 0 Å². The van der Waals surface area contributed by atoms with Gasteiger partial charge < -0.3 is 4.98 Å². The van der Waals surface area contributed by atoms with E-state index in [1.165, 1.54) is 0 Å². The van der Waals surface area contributed by atoms with Crippen LogP contribution in [0.25, 0.3) is 10.9 Å². The molecule has 1 aromatic heterocycles. The lowest BCUT2D eigenvalue weighted by Crippen LogP contribution is -2.13. The first-order chi connectivity index (χ1) is 6.63. The molecule has 0 aliphatic carbocycles. The van der Waals surface area contributed by atoms with Crippen LogP contribution in [0.5, 0.6) is 0 Å². The summed E-state index contributed by atoms with van der Waals surface area (Å²) in [6.07, 6.45) is 1.94. The molecule has 1 aromatic carbocycles. The Bertz CT molecular complexity index is 430. The summed E-state index contributed by atoms with van der Waals surface area (Å²) in [7, 11) is 0. The molecule has 0 unspecified atom stereocenters. The first-order valence-electron chi connectivity index (χ1n) is 4.77. The van der Waals surface area contributed by atoms with Gasteiger partial charge in [0.1, 0.15) is 0 Å². The highest BCUT2D eigenvalue weighted by Crippen LogP contribution is 2.26. The Kier molecular flexibility index (Phi) is 1.95. The summed E-state index contributed by atoms with van der Waals surface area (Å²) in [6, 6.07) is 11.5. The molecule has 0 fully saturated rings. The zero-order chi connectivity index (χ0) is 10.2. The van der Waals surface area contributed by atoms with Crippen LogP contribution in [-0.2, 0) is 5.41 Å². The SMILES string of the molecule is C=CC(C)(C)c1[c]c2ccccc2[nH]1. The third kappa shape index (κ3) is 1.35. The van der Waals surface area contributed by atoms with Crippen molar-refractivity contribution in [2.75, 3.05) is 0 Å². The fourth-order valence-corrected chi connectivity index (χ4v) is 1.43. The van der Waals surface area contributed by atoms with Gasteiger partial charge in [0.25, 0.3) is 0 Å². The van der Waals surface area contributed by atoms with Crippen molar-refractivity contribution in [3.8, 4) is 0 Å². The molecule has 1 radical (unpaired) electrons. The van der Waals surface area contributed by atoms with E-state index in [0.29, 0.717) is 0 Å². The van der Waals surface area contributed by atoms with Crippen molar-refractivity contribution >= 4 is 10.9 Å². The highest BCUT2D eigenvalue weighted by molar-refractivity contribution is 5.79. The number of fused-ring (bicyclic) bond motifs is 1. The Morgan fingerprint density at radius 1 is 1.36 bits per heavy atom. The topological polar surface area (TPSA) is 15.8 Å². The van der Waals surface area contributed by atoms with Gasteiger partial charge in [0.15, 0.2) is 0 Å². The summed E-state index contributed by atoms with van der Waals surface area (Å²) in [5.41, 5.74) is 2.19. The summed E-state index contributed by atoms with van der Waals surface area (Å²) < 4.78 is 0. The fraction of sp³-hybridized carbons (Fsp3) is 0.231. The number of hydrogen-bond acceptors (Lipinski definition) is 0. The summed E-state index contributed by atoms with van der Waals surface area (Å²) in [6.45, 7) is 8.09. The molecule has 14 heavy (non-hydrogen) atoms. The number of benzene rings is 1. The normalized spacial score (nSPS) is 11.9. The Morgan fingerprint density at radius 2 is 2.07 bits per heavy atom. The van der Waals surface area contributed by atoms with Gasteiger partial charge in [0.05, 0.1) is 0 Å². The zero-order valence-electron chi connectivity index (χ0n) is 8.59. The van der Waals surface area contributed by atoms with Crippen molar-refractivity contribution in [2.24, 2.45) is 0 Å². The quantitative estimate of drug-likeness (QED) is 0.688. The largest absolute Gasteiger partial charge is 0.357 e. The van der Waals surface area contributed by atoms with E-state index in [0.717, 1.165) is 16.6 Å². The van der Waals surface area contributed by atoms with Crippen molar-refractivity contribution < 1.29 is 0 Å². The third-order valence-electron chi connectivity index (χ3n) is 2.60. The van der Waals surface area contributed by atoms with Crippen LogP contribution in [0.2, 0.25) is 0 Å². The highest BCUT2D eigenvalue weighted by Gasteiger charge is 2.18. The molecule has 0 aliphatic heterocycles. The lowest BCUT2D eigenvalue weighted by Gasteiger charge is -2.17. The van der Waals surface area contributed by atoms with Crippen molar-refractivity contribution in [1.29, 1.82) is 0 Å². The Hall–Kier alpha value is -1.50. The van der Waals surface area contributed by atoms with Gasteiger partial charge >= 0.3 is 0 Å². The van der Waals surface area contributed by atoms with Crippen molar-refractivity contribution in [2.45, 2.75) is 19.3 Å². The lowest BCUT2D eigenvalue weighted by atomic mass is 9.90. The number of rotatable bonds is 2. The molecular formula is C13H14N. The second-order valence-corrected chi connectivity index (χ2v) is 4.10. The molecule has 1 nitrogen and oxygen atoms in total. The van der Waals surface area contributed by atoms with E-state index in [2.05, 4.69) is 43.6 Å². The summed E-state index contributed by atoms with van der Waals surface area (Å²) >= 11 is 0. The van der Waals surface area contributed by atoms with Crippen molar-refractivity contribution in [3.63, 3.8) is 0 Å². The number of hydrogen-bond donors (Lipinski definition) is 1. The summed E-state index contributed by atoms with van der Waals surface area (Å²) in [4.78, 5) is 3.36. The van der Waals surface area contributed by atoms with E-state index < -0.39 is 0 Å². The number of nitrogens with one attached hydrogen (secondary N) is 1. The van der Waals surface area contributed by atoms with Crippen LogP contribution in [0.15, 0.2) is 36.9 Å². The molecule has 0 spiro atoms. The Labute approximate surface area is 84.5 Å². The van der Waals surface area contributed by atoms with E-state index in [1.54, 1.807) is 0 Å². The van der Waals surface area contributed by atoms with Crippen LogP contribution in [0.1, 0.15) is 19.5 Å². The van der Waals surface area contributed by atoms with Gasteiger partial charge in [-0.05, 0) is 6.07 Å². The van der Waals surface area contributed by atoms with Crippen molar-refractivity contribution in [3.05, 3.63) is 48.7 Å². The number of aromatic nitrogens is 1. The molecule has 0 saturated heterocycles. The molecule has 1 heterocycles. The minimum Gasteiger partial charge on any atom is -0.357 e. The van der Waals surface area contributed by atoms with Gasteiger partial charge in [-0.3, -0.25) is 0 Å². The second-order valence-electron chi connectivity index (χ2n) is 4.10. The first kappa shape index (κ1) is 9.07. The van der Waals surface area contributed by atoms with Gasteiger partial charge in [-0.25, -0.2) is 0 Å². The smallest absolute Gasteiger partial charge is 0.0462 e. The molecule has 1 N–H and O–H groups in total. The lowest BCUT2D eigenvalue weighted by molar-refractivity contribution is 0.651. The molecule has 1 heteroatoms. The van der Waals surface area contributed by atoms with Gasteiger partial charge in [0.2, 0.25) is 0 Å². The maximum absolute atomic E-state index is 3.84. The molecule has 2 aromatic rings. The average Bonchev–Trinajstić information content (AvgIpc) is 2.61. The minimum atomic E-state index is -0.0426. The van der Waals surface area contributed by atoms with E-state index in [4.69, 9.17) is 0 Å². The average molecular weight is 184 g/mol. The Balaban J connectivity index is 2.60. The molecule has 2 rings (SSSR count). The number of para-hydroxylation sites is 1. The predicted molar refractivity (Wildman–Crippen MR) is 60.4 cm³/mol. The monoisotopic (exact) mass is 184 g/mol. The molecular weight excluding hydrogens is 170 g/mol. The molecule has 71 valence electrons. The maximum atomic E-state index is 3.84. The summed E-state index contributed by atoms with van der Waals surface area (Å²) in [5, 5.41) is 1.14. The standard InChI is InChI=1S/C13H14N/c1-4-13(2,3)12-9-10-7-5-6-8-11(10)14-12/h4-8,14H,1H2,2-3H3. The van der Waals surface area contributed by atoms with Crippen LogP contribution in [-0.4, -0.2) is 4.98 Å². The molecule has 0 bridgehead atoms. The van der Waals surface area contributed by atoms with Gasteiger partial charge in [-0.1, -0.05) is 38.1 Å². The van der Waals surface area contributed by atoms with Gasteiger partial charge in [-0.2, -0.15) is 0 Å². The van der Waals surface area contributed by atoms with E-state index in [9.17, 15) is 0 Å². The third-order valence-corrected chi connectivity index (χ3v) is 2.60. The zero-order valence-corrected chi connectivity index (χ0v) is 8.59. The number of aromatic amines is 1. The first-order valence-corrected chi connectivity index (χ1v) is 4.77. The second kappa shape index (κ2) is 3.02. The van der Waals surface area contributed by atoms with Crippen LogP contribution >= 0.6 is 0 Å². The van der Waals surface area contributed by atoms with Gasteiger partial charge in [-0.15, -0.1) is 6.58 Å². The van der Waals surface area contributed by atoms with Crippen molar-refractivity contribution in [1.82, 2.24) is 4.98 Å². The molecule has 0 atom stereocenters. The molecule has 0 amide bonds. The van der Waals surface area contributed by atoms with Gasteiger partial charge in [0, 0.05) is 28.1 Å². The van der Waals surface area contributed by atoms with E-state index in [1.807, 2.05) is 18.2 Å². The number of allylic oxidation sites excluding steroid dienone is 1. The Morgan fingerprint density at radius 3 is 2.71 bits per heavy atom. The minimum absolute atomic E-state index is 0.0426. The summed E-state index contributed by atoms with van der Waals surface area (Å²) in [5.74, 6) is 0. The molecule has 0 saturated carbocycles. The molecule has 0 aliphatic rings. The fourth-order valence-electron chi connectivity index (χ4n) is 1.43. The van der Waals surface area contributed by atoms with E-state index >= 15 is 0 Å². The number of H-pyrrole nitrogens is 1. The maximum Gasteiger partial charge on any atom is 0.0462 e. The van der Waals surface area contributed by atoms with Crippen LogP contribution in [0.3, 0.4) is 0 Å². The van der Waals surface area contributed by atoms with Crippen LogP contribution < -0.4 is 0 Å². The van der Waals surface area contributed by atoms with Crippen LogP contribution in [0, 0.1) is 6.07 Å². The van der Waals surface area contributed by atoms with E-state index in [-0.39, 0.29) is 5.41 Å². The highest BCUT2D eigenvalue weighted by atomic mass is 14.7.